The lowest BCUT2D eigenvalue weighted by atomic mass is 10.0. The molecule has 5 heteroatoms. The maximum Gasteiger partial charge on any atom is 0.254 e. The number of methoxy groups -OCH3 is 1. The second-order valence-electron chi connectivity index (χ2n) is 7.00. The monoisotopic (exact) mass is 424 g/mol. The molecule has 27 heavy (non-hydrogen) atoms. The Kier molecular flexibility index (Phi) is 4.87. The highest BCUT2D eigenvalue weighted by atomic mass is 79.9. The van der Waals surface area contributed by atoms with Gasteiger partial charge in [0, 0.05) is 40.6 Å². The highest BCUT2D eigenvalue weighted by Gasteiger charge is 2.27. The molecule has 0 radical (unpaired) electrons. The van der Waals surface area contributed by atoms with Crippen molar-refractivity contribution in [3.8, 4) is 5.75 Å². The Morgan fingerprint density at radius 3 is 2.74 bits per heavy atom. The van der Waals surface area contributed by atoms with Crippen LogP contribution in [0.25, 0.3) is 10.9 Å². The van der Waals surface area contributed by atoms with E-state index >= 15 is 0 Å². The van der Waals surface area contributed by atoms with Crippen molar-refractivity contribution in [1.29, 1.82) is 0 Å². The number of hydrogen-bond donors (Lipinski definition) is 0. The van der Waals surface area contributed by atoms with Crippen molar-refractivity contribution >= 4 is 32.7 Å². The van der Waals surface area contributed by atoms with Gasteiger partial charge < -0.3 is 9.64 Å². The summed E-state index contributed by atoms with van der Waals surface area (Å²) in [4.78, 5) is 19.8. The van der Waals surface area contributed by atoms with Crippen LogP contribution in [0.4, 0.5) is 0 Å². The van der Waals surface area contributed by atoms with E-state index in [4.69, 9.17) is 9.72 Å². The van der Waals surface area contributed by atoms with Gasteiger partial charge in [0.05, 0.1) is 18.2 Å². The molecule has 1 saturated carbocycles. The van der Waals surface area contributed by atoms with Gasteiger partial charge in [-0.25, -0.2) is 0 Å². The van der Waals surface area contributed by atoms with Crippen LogP contribution in [0.15, 0.2) is 53.0 Å². The third-order valence-electron chi connectivity index (χ3n) is 4.96. The third kappa shape index (κ3) is 3.69. The summed E-state index contributed by atoms with van der Waals surface area (Å²) < 4.78 is 6.41. The van der Waals surface area contributed by atoms with E-state index in [0.29, 0.717) is 12.5 Å². The van der Waals surface area contributed by atoms with E-state index in [1.807, 2.05) is 55.6 Å². The first-order valence-electron chi connectivity index (χ1n) is 9.04. The fraction of sp³-hybridized carbons (Fsp3) is 0.273. The van der Waals surface area contributed by atoms with Gasteiger partial charge in [-0.05, 0) is 43.2 Å². The van der Waals surface area contributed by atoms with Gasteiger partial charge in [-0.15, -0.1) is 0 Å². The molecule has 1 aliphatic rings. The zero-order valence-electron chi connectivity index (χ0n) is 15.4. The van der Waals surface area contributed by atoms with E-state index in [1.54, 1.807) is 12.0 Å². The van der Waals surface area contributed by atoms with Gasteiger partial charge >= 0.3 is 0 Å². The summed E-state index contributed by atoms with van der Waals surface area (Å²) in [7, 11) is 3.47. The Morgan fingerprint density at radius 2 is 2.00 bits per heavy atom. The van der Waals surface area contributed by atoms with Crippen LogP contribution >= 0.6 is 15.9 Å². The van der Waals surface area contributed by atoms with Crippen LogP contribution in [-0.4, -0.2) is 29.9 Å². The normalized spacial score (nSPS) is 13.6. The Bertz CT molecular complexity index is 1010. The molecule has 0 aliphatic heterocycles. The minimum atomic E-state index is -0.00229. The first-order chi connectivity index (χ1) is 13.1. The molecule has 1 heterocycles. The lowest BCUT2D eigenvalue weighted by Gasteiger charge is -2.20. The van der Waals surface area contributed by atoms with Crippen LogP contribution in [0.2, 0.25) is 0 Å². The molecule has 0 spiro atoms. The van der Waals surface area contributed by atoms with E-state index < -0.39 is 0 Å². The van der Waals surface area contributed by atoms with Gasteiger partial charge in [0.25, 0.3) is 5.91 Å². The lowest BCUT2D eigenvalue weighted by molar-refractivity contribution is 0.0786. The number of nitrogens with zero attached hydrogens (tertiary/aromatic N) is 2. The van der Waals surface area contributed by atoms with Crippen molar-refractivity contribution < 1.29 is 9.53 Å². The van der Waals surface area contributed by atoms with Crippen LogP contribution in [0.5, 0.6) is 5.75 Å². The quantitative estimate of drug-likeness (QED) is 0.568. The summed E-state index contributed by atoms with van der Waals surface area (Å²) in [6.07, 6.45) is 2.31. The number of rotatable bonds is 5. The molecule has 1 fully saturated rings. The maximum atomic E-state index is 13.3. The van der Waals surface area contributed by atoms with Crippen LogP contribution in [0.1, 0.15) is 40.4 Å². The fourth-order valence-corrected chi connectivity index (χ4v) is 3.77. The Balaban J connectivity index is 1.69. The summed E-state index contributed by atoms with van der Waals surface area (Å²) >= 11 is 3.50. The molecule has 0 N–H and O–H groups in total. The molecule has 0 saturated heterocycles. The van der Waals surface area contributed by atoms with E-state index in [2.05, 4.69) is 15.9 Å². The molecule has 3 aromatic rings. The highest BCUT2D eigenvalue weighted by molar-refractivity contribution is 9.10. The largest absolute Gasteiger partial charge is 0.496 e. The van der Waals surface area contributed by atoms with Crippen LogP contribution in [0.3, 0.4) is 0 Å². The summed E-state index contributed by atoms with van der Waals surface area (Å²) in [5.74, 6) is 1.27. The van der Waals surface area contributed by atoms with Crippen molar-refractivity contribution in [2.45, 2.75) is 25.3 Å². The van der Waals surface area contributed by atoms with E-state index in [1.165, 1.54) is 0 Å². The van der Waals surface area contributed by atoms with E-state index in [0.717, 1.165) is 50.8 Å². The van der Waals surface area contributed by atoms with Gasteiger partial charge in [0.15, 0.2) is 0 Å². The van der Waals surface area contributed by atoms with Gasteiger partial charge in [0.1, 0.15) is 5.75 Å². The highest BCUT2D eigenvalue weighted by Crippen LogP contribution is 2.40. The number of halogens is 1. The van der Waals surface area contributed by atoms with Crippen LogP contribution in [-0.2, 0) is 6.54 Å². The molecule has 0 unspecified atom stereocenters. The fourth-order valence-electron chi connectivity index (χ4n) is 3.36. The van der Waals surface area contributed by atoms with Crippen molar-refractivity contribution in [3.05, 3.63) is 69.8 Å². The SMILES string of the molecule is COc1ccc(Br)cc1CN(C)C(=O)c1cc(C2CC2)nc2ccccc12. The van der Waals surface area contributed by atoms with Crippen molar-refractivity contribution in [1.82, 2.24) is 9.88 Å². The minimum Gasteiger partial charge on any atom is -0.496 e. The number of benzene rings is 2. The second-order valence-corrected chi connectivity index (χ2v) is 7.92. The third-order valence-corrected chi connectivity index (χ3v) is 5.45. The molecule has 0 bridgehead atoms. The average Bonchev–Trinajstić information content (AvgIpc) is 3.52. The predicted molar refractivity (Wildman–Crippen MR) is 110 cm³/mol. The molecule has 1 aromatic heterocycles. The van der Waals surface area contributed by atoms with Crippen molar-refractivity contribution in [3.63, 3.8) is 0 Å². The molecule has 4 nitrogen and oxygen atoms in total. The Hall–Kier alpha value is -2.40. The van der Waals surface area contributed by atoms with Crippen LogP contribution < -0.4 is 4.74 Å². The number of carbonyl (C=O) groups is 1. The molecule has 1 aliphatic carbocycles. The van der Waals surface area contributed by atoms with Crippen molar-refractivity contribution in [2.24, 2.45) is 0 Å². The molecule has 138 valence electrons. The van der Waals surface area contributed by atoms with E-state index in [9.17, 15) is 4.79 Å². The number of pyridine rings is 1. The lowest BCUT2D eigenvalue weighted by Crippen LogP contribution is -2.27. The van der Waals surface area contributed by atoms with Crippen molar-refractivity contribution in [2.75, 3.05) is 14.2 Å². The summed E-state index contributed by atoms with van der Waals surface area (Å²) in [6.45, 7) is 0.469. The zero-order valence-corrected chi connectivity index (χ0v) is 17.0. The number of amides is 1. The topological polar surface area (TPSA) is 42.4 Å². The van der Waals surface area contributed by atoms with Gasteiger partial charge in [-0.2, -0.15) is 0 Å². The molecule has 0 atom stereocenters. The Labute approximate surface area is 167 Å². The second kappa shape index (κ2) is 7.31. The van der Waals surface area contributed by atoms with Gasteiger partial charge in [-0.1, -0.05) is 34.1 Å². The summed E-state index contributed by atoms with van der Waals surface area (Å²) in [5.41, 5.74) is 3.60. The summed E-state index contributed by atoms with van der Waals surface area (Å²) in [6, 6.07) is 15.7. The first-order valence-corrected chi connectivity index (χ1v) is 9.83. The molecule has 2 aromatic carbocycles. The number of para-hydroxylation sites is 1. The number of hydrogen-bond acceptors (Lipinski definition) is 3. The Morgan fingerprint density at radius 1 is 1.22 bits per heavy atom. The number of ether oxygens (including phenoxy) is 1. The molecule has 1 amide bonds. The number of aromatic nitrogens is 1. The smallest absolute Gasteiger partial charge is 0.254 e. The predicted octanol–water partition coefficient (Wildman–Crippen LogP) is 5.16. The number of fused-ring (bicyclic) bond motifs is 1. The maximum absolute atomic E-state index is 13.3. The first kappa shape index (κ1) is 18.0. The molecule has 4 rings (SSSR count). The van der Waals surface area contributed by atoms with Gasteiger partial charge in [0.2, 0.25) is 0 Å². The van der Waals surface area contributed by atoms with E-state index in [-0.39, 0.29) is 5.91 Å². The van der Waals surface area contributed by atoms with Gasteiger partial charge in [-0.3, -0.25) is 9.78 Å². The standard InChI is InChI=1S/C22H21BrN2O2/c1-25(13-15-11-16(23)9-10-21(15)27-2)22(26)18-12-20(14-7-8-14)24-19-6-4-3-5-17(18)19/h3-6,9-12,14H,7-8,13H2,1-2H3. The molecular weight excluding hydrogens is 404 g/mol. The molecular formula is C22H21BrN2O2. The average molecular weight is 425 g/mol. The number of carbonyl (C=O) groups excluding carboxylic acids is 1. The minimum absolute atomic E-state index is 0.00229. The van der Waals surface area contributed by atoms with Crippen LogP contribution in [0, 0.1) is 0 Å². The zero-order chi connectivity index (χ0) is 19.0. The summed E-state index contributed by atoms with van der Waals surface area (Å²) in [5, 5.41) is 0.903.